The minimum Gasteiger partial charge on any atom is -0.497 e. The molecule has 1 aliphatic rings. The topological polar surface area (TPSA) is 69.1 Å². The van der Waals surface area contributed by atoms with Crippen LogP contribution in [0.5, 0.6) is 5.75 Å². The number of hydrogen-bond donors (Lipinski definition) is 3. The smallest absolute Gasteiger partial charge is 0.191 e. The van der Waals surface area contributed by atoms with Crippen molar-refractivity contribution in [3.63, 3.8) is 0 Å². The predicted molar refractivity (Wildman–Crippen MR) is 124 cm³/mol. The minimum absolute atomic E-state index is 0.0108. The molecule has 1 fully saturated rings. The van der Waals surface area contributed by atoms with Gasteiger partial charge in [0.2, 0.25) is 0 Å². The zero-order chi connectivity index (χ0) is 21.2. The maximum Gasteiger partial charge on any atom is 0.191 e. The second-order valence-electron chi connectivity index (χ2n) is 7.69. The first kappa shape index (κ1) is 22.0. The van der Waals surface area contributed by atoms with Gasteiger partial charge >= 0.3 is 0 Å². The quantitative estimate of drug-likeness (QED) is 0.438. The summed E-state index contributed by atoms with van der Waals surface area (Å²) >= 11 is 0. The van der Waals surface area contributed by atoms with Crippen LogP contribution in [0.1, 0.15) is 24.8 Å². The number of rotatable bonds is 9. The largest absolute Gasteiger partial charge is 0.497 e. The highest BCUT2D eigenvalue weighted by molar-refractivity contribution is 5.79. The van der Waals surface area contributed by atoms with Crippen molar-refractivity contribution in [2.45, 2.75) is 19.3 Å². The second-order valence-corrected chi connectivity index (χ2v) is 7.69. The molecule has 0 aromatic heterocycles. The number of anilines is 1. The Morgan fingerprint density at radius 1 is 1.20 bits per heavy atom. The fourth-order valence-corrected chi connectivity index (χ4v) is 3.82. The number of benzene rings is 2. The van der Waals surface area contributed by atoms with Crippen LogP contribution in [0.15, 0.2) is 59.6 Å². The van der Waals surface area contributed by atoms with E-state index in [1.54, 1.807) is 7.11 Å². The number of aliphatic imine (C=N–C) groups is 1. The molecule has 6 heteroatoms. The number of nitrogens with zero attached hydrogens (tertiary/aromatic N) is 2. The van der Waals surface area contributed by atoms with Crippen LogP contribution in [-0.2, 0) is 0 Å². The monoisotopic (exact) mass is 410 g/mol. The molecular formula is C24H34N4O2. The Kier molecular flexibility index (Phi) is 8.39. The molecule has 2 aromatic rings. The SMILES string of the molecule is CCNC(=NCC(CO)c1ccccc1)NCC1CCN(c2cccc(OC)c2)C1. The zero-order valence-corrected chi connectivity index (χ0v) is 18.1. The standard InChI is InChI=1S/C24H34N4O2/c1-3-25-24(27-16-21(18-29)20-8-5-4-6-9-20)26-15-19-12-13-28(17-19)22-10-7-11-23(14-22)30-2/h4-11,14,19,21,29H,3,12-13,15-18H2,1-2H3,(H2,25,26,27). The molecule has 2 aromatic carbocycles. The van der Waals surface area contributed by atoms with Gasteiger partial charge in [-0.1, -0.05) is 36.4 Å². The van der Waals surface area contributed by atoms with Gasteiger partial charge in [0.25, 0.3) is 0 Å². The summed E-state index contributed by atoms with van der Waals surface area (Å²) in [6, 6.07) is 18.3. The van der Waals surface area contributed by atoms with E-state index in [2.05, 4.69) is 34.6 Å². The fraction of sp³-hybridized carbons (Fsp3) is 0.458. The third-order valence-corrected chi connectivity index (χ3v) is 5.57. The third-order valence-electron chi connectivity index (χ3n) is 5.57. The molecule has 0 amide bonds. The van der Waals surface area contributed by atoms with Crippen LogP contribution in [0.2, 0.25) is 0 Å². The van der Waals surface area contributed by atoms with Gasteiger partial charge in [-0.3, -0.25) is 4.99 Å². The van der Waals surface area contributed by atoms with Crippen LogP contribution in [0.3, 0.4) is 0 Å². The Balaban J connectivity index is 1.53. The van der Waals surface area contributed by atoms with E-state index < -0.39 is 0 Å². The van der Waals surface area contributed by atoms with Crippen molar-refractivity contribution in [3.8, 4) is 5.75 Å². The summed E-state index contributed by atoms with van der Waals surface area (Å²) < 4.78 is 5.35. The Bertz CT molecular complexity index is 797. The predicted octanol–water partition coefficient (Wildman–Crippen LogP) is 2.85. The summed E-state index contributed by atoms with van der Waals surface area (Å²) in [6.07, 6.45) is 1.15. The van der Waals surface area contributed by atoms with Gasteiger partial charge in [0.1, 0.15) is 5.75 Å². The molecule has 2 atom stereocenters. The lowest BCUT2D eigenvalue weighted by atomic mass is 10.0. The molecule has 1 heterocycles. The number of methoxy groups -OCH3 is 1. The van der Waals surface area contributed by atoms with E-state index in [9.17, 15) is 5.11 Å². The number of aliphatic hydroxyl groups excluding tert-OH is 1. The first-order valence-corrected chi connectivity index (χ1v) is 10.8. The molecule has 1 saturated heterocycles. The summed E-state index contributed by atoms with van der Waals surface area (Å²) in [4.78, 5) is 7.14. The molecule has 0 aliphatic carbocycles. The molecular weight excluding hydrogens is 376 g/mol. The average molecular weight is 411 g/mol. The maximum atomic E-state index is 9.78. The van der Waals surface area contributed by atoms with Crippen molar-refractivity contribution in [2.24, 2.45) is 10.9 Å². The summed E-state index contributed by atoms with van der Waals surface area (Å²) in [6.45, 7) is 6.46. The summed E-state index contributed by atoms with van der Waals surface area (Å²) in [7, 11) is 1.70. The van der Waals surface area contributed by atoms with Gasteiger partial charge in [-0.25, -0.2) is 0 Å². The van der Waals surface area contributed by atoms with Gasteiger partial charge in [-0.2, -0.15) is 0 Å². The lowest BCUT2D eigenvalue weighted by Gasteiger charge is -2.20. The molecule has 0 radical (unpaired) electrons. The van der Waals surface area contributed by atoms with Crippen molar-refractivity contribution in [3.05, 3.63) is 60.2 Å². The number of nitrogens with one attached hydrogen (secondary N) is 2. The Morgan fingerprint density at radius 2 is 2.03 bits per heavy atom. The van der Waals surface area contributed by atoms with E-state index in [4.69, 9.17) is 9.73 Å². The van der Waals surface area contributed by atoms with Gasteiger partial charge in [-0.15, -0.1) is 0 Å². The molecule has 1 aliphatic heterocycles. The number of hydrogen-bond acceptors (Lipinski definition) is 4. The number of guanidine groups is 1. The maximum absolute atomic E-state index is 9.78. The van der Waals surface area contributed by atoms with E-state index >= 15 is 0 Å². The molecule has 6 nitrogen and oxygen atoms in total. The third kappa shape index (κ3) is 6.13. The Hall–Kier alpha value is -2.73. The highest BCUT2D eigenvalue weighted by Gasteiger charge is 2.23. The van der Waals surface area contributed by atoms with Crippen molar-refractivity contribution in [1.29, 1.82) is 0 Å². The highest BCUT2D eigenvalue weighted by Crippen LogP contribution is 2.26. The van der Waals surface area contributed by atoms with E-state index in [-0.39, 0.29) is 12.5 Å². The summed E-state index contributed by atoms with van der Waals surface area (Å²) in [5.74, 6) is 2.28. The first-order valence-electron chi connectivity index (χ1n) is 10.8. The Labute approximate surface area is 180 Å². The van der Waals surface area contributed by atoms with E-state index in [1.807, 2.05) is 42.5 Å². The number of aliphatic hydroxyl groups is 1. The summed E-state index contributed by atoms with van der Waals surface area (Å²) in [5.41, 5.74) is 2.33. The molecule has 3 N–H and O–H groups in total. The lowest BCUT2D eigenvalue weighted by Crippen LogP contribution is -2.40. The minimum atomic E-state index is 0.0108. The van der Waals surface area contributed by atoms with Gasteiger partial charge < -0.3 is 25.4 Å². The lowest BCUT2D eigenvalue weighted by molar-refractivity contribution is 0.268. The number of ether oxygens (including phenoxy) is 1. The van der Waals surface area contributed by atoms with Gasteiger partial charge in [0, 0.05) is 43.9 Å². The fourth-order valence-electron chi connectivity index (χ4n) is 3.82. The van der Waals surface area contributed by atoms with Crippen LogP contribution in [0.4, 0.5) is 5.69 Å². The second kappa shape index (κ2) is 11.5. The molecule has 3 rings (SSSR count). The average Bonchev–Trinajstić information content (AvgIpc) is 3.27. The van der Waals surface area contributed by atoms with E-state index in [0.717, 1.165) is 49.9 Å². The molecule has 30 heavy (non-hydrogen) atoms. The molecule has 2 unspecified atom stereocenters. The van der Waals surface area contributed by atoms with E-state index in [1.165, 1.54) is 5.69 Å². The van der Waals surface area contributed by atoms with Gasteiger partial charge in [-0.05, 0) is 37.0 Å². The zero-order valence-electron chi connectivity index (χ0n) is 18.1. The first-order chi connectivity index (χ1) is 14.7. The van der Waals surface area contributed by atoms with Crippen LogP contribution in [0.25, 0.3) is 0 Å². The van der Waals surface area contributed by atoms with Crippen LogP contribution in [-0.4, -0.2) is 57.5 Å². The van der Waals surface area contributed by atoms with Crippen molar-refractivity contribution in [1.82, 2.24) is 10.6 Å². The molecule has 0 saturated carbocycles. The summed E-state index contributed by atoms with van der Waals surface area (Å²) in [5, 5.41) is 16.6. The van der Waals surface area contributed by atoms with Crippen molar-refractivity contribution < 1.29 is 9.84 Å². The van der Waals surface area contributed by atoms with Crippen molar-refractivity contribution in [2.75, 3.05) is 51.3 Å². The molecule has 0 bridgehead atoms. The van der Waals surface area contributed by atoms with Crippen LogP contribution < -0.4 is 20.3 Å². The van der Waals surface area contributed by atoms with Crippen LogP contribution in [0, 0.1) is 5.92 Å². The molecule has 0 spiro atoms. The van der Waals surface area contributed by atoms with Crippen LogP contribution >= 0.6 is 0 Å². The van der Waals surface area contributed by atoms with Gasteiger partial charge in [0.05, 0.1) is 20.3 Å². The molecule has 162 valence electrons. The Morgan fingerprint density at radius 3 is 2.77 bits per heavy atom. The normalized spacial score (nSPS) is 17.6. The van der Waals surface area contributed by atoms with Crippen molar-refractivity contribution >= 4 is 11.6 Å². The highest BCUT2D eigenvalue weighted by atomic mass is 16.5. The van der Waals surface area contributed by atoms with E-state index in [0.29, 0.717) is 12.5 Å². The van der Waals surface area contributed by atoms with Gasteiger partial charge in [0.15, 0.2) is 5.96 Å².